The van der Waals surface area contributed by atoms with Crippen LogP contribution in [0, 0.1) is 0 Å². The third-order valence-electron chi connectivity index (χ3n) is 4.45. The van der Waals surface area contributed by atoms with Gasteiger partial charge in [0.2, 0.25) is 5.82 Å². The third-order valence-corrected chi connectivity index (χ3v) is 4.45. The molecule has 2 aromatic carbocycles. The molecule has 4 rings (SSSR count). The number of hydrogen-bond acceptors (Lipinski definition) is 7. The molecule has 0 aliphatic rings. The maximum Gasteiger partial charge on any atom is 0.451 e. The summed E-state index contributed by atoms with van der Waals surface area (Å²) in [5.74, 6) is -1.95. The van der Waals surface area contributed by atoms with Gasteiger partial charge in [-0.15, -0.1) is 5.10 Å². The SMILES string of the molecule is CCOC(=O)c1ccc(Nc2nc(C(F)(F)F)nc3c2nnn3Cc2ccccc2)cc1. The Balaban J connectivity index is 1.71. The van der Waals surface area contributed by atoms with Gasteiger partial charge in [-0.2, -0.15) is 13.2 Å². The lowest BCUT2D eigenvalue weighted by molar-refractivity contribution is -0.144. The molecule has 32 heavy (non-hydrogen) atoms. The number of carbonyl (C=O) groups excluding carboxylic acids is 1. The van der Waals surface area contributed by atoms with Gasteiger partial charge in [-0.1, -0.05) is 35.5 Å². The van der Waals surface area contributed by atoms with E-state index in [0.717, 1.165) is 5.56 Å². The van der Waals surface area contributed by atoms with Gasteiger partial charge < -0.3 is 10.1 Å². The van der Waals surface area contributed by atoms with Crippen LogP contribution in [-0.4, -0.2) is 37.5 Å². The number of aromatic nitrogens is 5. The molecule has 0 saturated heterocycles. The zero-order valence-corrected chi connectivity index (χ0v) is 16.8. The Hall–Kier alpha value is -4.02. The van der Waals surface area contributed by atoms with Crippen LogP contribution in [-0.2, 0) is 17.5 Å². The summed E-state index contributed by atoms with van der Waals surface area (Å²) in [5, 5.41) is 10.8. The lowest BCUT2D eigenvalue weighted by Crippen LogP contribution is -2.14. The van der Waals surface area contributed by atoms with Crippen LogP contribution in [0.1, 0.15) is 28.7 Å². The molecule has 0 spiro atoms. The third kappa shape index (κ3) is 4.51. The van der Waals surface area contributed by atoms with Crippen molar-refractivity contribution in [3.05, 3.63) is 71.5 Å². The fourth-order valence-corrected chi connectivity index (χ4v) is 2.97. The lowest BCUT2D eigenvalue weighted by atomic mass is 10.2. The first kappa shape index (κ1) is 21.2. The number of nitrogens with one attached hydrogen (secondary N) is 1. The predicted octanol–water partition coefficient (Wildman–Crippen LogP) is 4.21. The average Bonchev–Trinajstić information content (AvgIpc) is 3.17. The summed E-state index contributed by atoms with van der Waals surface area (Å²) < 4.78 is 46.6. The maximum atomic E-state index is 13.5. The number of halogens is 3. The topological polar surface area (TPSA) is 94.8 Å². The van der Waals surface area contributed by atoms with Crippen molar-refractivity contribution in [3.63, 3.8) is 0 Å². The van der Waals surface area contributed by atoms with E-state index in [1.54, 1.807) is 6.92 Å². The van der Waals surface area contributed by atoms with Gasteiger partial charge in [0.05, 0.1) is 18.7 Å². The van der Waals surface area contributed by atoms with Crippen molar-refractivity contribution in [2.75, 3.05) is 11.9 Å². The molecule has 164 valence electrons. The van der Waals surface area contributed by atoms with E-state index in [2.05, 4.69) is 25.6 Å². The summed E-state index contributed by atoms with van der Waals surface area (Å²) in [6, 6.07) is 15.2. The van der Waals surface area contributed by atoms with Crippen molar-refractivity contribution in [1.29, 1.82) is 0 Å². The van der Waals surface area contributed by atoms with Gasteiger partial charge in [-0.25, -0.2) is 19.4 Å². The largest absolute Gasteiger partial charge is 0.462 e. The quantitative estimate of drug-likeness (QED) is 0.447. The molecule has 2 aromatic heterocycles. The lowest BCUT2D eigenvalue weighted by Gasteiger charge is -2.11. The second kappa shape index (κ2) is 8.61. The van der Waals surface area contributed by atoms with Crippen LogP contribution in [0.5, 0.6) is 0 Å². The first-order valence-corrected chi connectivity index (χ1v) is 9.61. The molecule has 11 heteroatoms. The Morgan fingerprint density at radius 3 is 2.44 bits per heavy atom. The summed E-state index contributed by atoms with van der Waals surface area (Å²) in [7, 11) is 0. The highest BCUT2D eigenvalue weighted by atomic mass is 19.4. The predicted molar refractivity (Wildman–Crippen MR) is 109 cm³/mol. The highest BCUT2D eigenvalue weighted by molar-refractivity contribution is 5.90. The smallest absolute Gasteiger partial charge is 0.451 e. The van der Waals surface area contributed by atoms with Crippen LogP contribution in [0.15, 0.2) is 54.6 Å². The molecular weight excluding hydrogens is 425 g/mol. The van der Waals surface area contributed by atoms with Crippen LogP contribution >= 0.6 is 0 Å². The minimum absolute atomic E-state index is 0.0539. The molecule has 0 unspecified atom stereocenters. The Bertz CT molecular complexity index is 1240. The number of nitrogens with zero attached hydrogens (tertiary/aromatic N) is 5. The zero-order valence-electron chi connectivity index (χ0n) is 16.8. The van der Waals surface area contributed by atoms with Gasteiger partial charge >= 0.3 is 12.1 Å². The molecule has 0 fully saturated rings. The van der Waals surface area contributed by atoms with E-state index >= 15 is 0 Å². The van der Waals surface area contributed by atoms with Crippen molar-refractivity contribution >= 4 is 28.6 Å². The van der Waals surface area contributed by atoms with E-state index in [1.807, 2.05) is 30.3 Å². The number of esters is 1. The number of fused-ring (bicyclic) bond motifs is 1. The van der Waals surface area contributed by atoms with E-state index < -0.39 is 18.0 Å². The number of anilines is 2. The van der Waals surface area contributed by atoms with E-state index in [0.29, 0.717) is 11.3 Å². The molecule has 8 nitrogen and oxygen atoms in total. The van der Waals surface area contributed by atoms with Gasteiger partial charge in [0.25, 0.3) is 0 Å². The zero-order chi connectivity index (χ0) is 22.7. The molecule has 0 saturated carbocycles. The number of ether oxygens (including phenoxy) is 1. The maximum absolute atomic E-state index is 13.5. The minimum atomic E-state index is -4.76. The highest BCUT2D eigenvalue weighted by Gasteiger charge is 2.36. The minimum Gasteiger partial charge on any atom is -0.462 e. The molecule has 1 N–H and O–H groups in total. The number of benzene rings is 2. The van der Waals surface area contributed by atoms with Crippen LogP contribution < -0.4 is 5.32 Å². The Labute approximate surface area is 180 Å². The van der Waals surface area contributed by atoms with E-state index in [9.17, 15) is 18.0 Å². The molecule has 4 aromatic rings. The molecule has 0 aliphatic carbocycles. The van der Waals surface area contributed by atoms with Gasteiger partial charge in [-0.3, -0.25) is 0 Å². The summed E-state index contributed by atoms with van der Waals surface area (Å²) in [6.45, 7) is 2.12. The molecule has 0 amide bonds. The van der Waals surface area contributed by atoms with Crippen molar-refractivity contribution in [3.8, 4) is 0 Å². The van der Waals surface area contributed by atoms with Crippen molar-refractivity contribution in [2.45, 2.75) is 19.6 Å². The second-order valence-corrected chi connectivity index (χ2v) is 6.72. The average molecular weight is 442 g/mol. The van der Waals surface area contributed by atoms with Crippen molar-refractivity contribution in [2.24, 2.45) is 0 Å². The van der Waals surface area contributed by atoms with Crippen LogP contribution in [0.25, 0.3) is 11.2 Å². The molecule has 0 atom stereocenters. The van der Waals surface area contributed by atoms with Gasteiger partial charge in [0.1, 0.15) is 0 Å². The van der Waals surface area contributed by atoms with Crippen molar-refractivity contribution in [1.82, 2.24) is 25.0 Å². The van der Waals surface area contributed by atoms with Gasteiger partial charge in [-0.05, 0) is 36.8 Å². The molecule has 0 radical (unpaired) electrons. The first-order valence-electron chi connectivity index (χ1n) is 9.61. The molecular formula is C21H17F3N6O2. The van der Waals surface area contributed by atoms with Crippen molar-refractivity contribution < 1.29 is 22.7 Å². The van der Waals surface area contributed by atoms with Gasteiger partial charge in [0, 0.05) is 5.69 Å². The Kier molecular flexibility index (Phi) is 5.71. The molecule has 0 aliphatic heterocycles. The molecule has 0 bridgehead atoms. The fraction of sp³-hybridized carbons (Fsp3) is 0.190. The fourth-order valence-electron chi connectivity index (χ4n) is 2.97. The van der Waals surface area contributed by atoms with E-state index in [-0.39, 0.29) is 30.1 Å². The number of carbonyl (C=O) groups is 1. The summed E-state index contributed by atoms with van der Waals surface area (Å²) >= 11 is 0. The summed E-state index contributed by atoms with van der Waals surface area (Å²) in [6.07, 6.45) is -4.76. The summed E-state index contributed by atoms with van der Waals surface area (Å²) in [5.41, 5.74) is 1.58. The van der Waals surface area contributed by atoms with Crippen LogP contribution in [0.4, 0.5) is 24.7 Å². The Morgan fingerprint density at radius 1 is 1.06 bits per heavy atom. The Morgan fingerprint density at radius 2 is 1.78 bits per heavy atom. The first-order chi connectivity index (χ1) is 15.3. The highest BCUT2D eigenvalue weighted by Crippen LogP contribution is 2.31. The standard InChI is InChI=1S/C21H17F3N6O2/c1-2-32-19(31)14-8-10-15(11-9-14)25-17-16-18(27-20(26-17)21(22,23)24)30(29-28-16)12-13-6-4-3-5-7-13/h3-11H,2,12H2,1H3,(H,25,26,27). The van der Waals surface area contributed by atoms with E-state index in [1.165, 1.54) is 28.9 Å². The second-order valence-electron chi connectivity index (χ2n) is 6.72. The van der Waals surface area contributed by atoms with Gasteiger partial charge in [0.15, 0.2) is 17.0 Å². The van der Waals surface area contributed by atoms with Crippen LogP contribution in [0.2, 0.25) is 0 Å². The number of rotatable bonds is 6. The monoisotopic (exact) mass is 442 g/mol. The normalized spacial score (nSPS) is 11.5. The number of hydrogen-bond donors (Lipinski definition) is 1. The van der Waals surface area contributed by atoms with E-state index in [4.69, 9.17) is 4.74 Å². The summed E-state index contributed by atoms with van der Waals surface area (Å²) in [4.78, 5) is 19.1. The molecule has 2 heterocycles. The van der Waals surface area contributed by atoms with Crippen LogP contribution in [0.3, 0.4) is 0 Å². The number of alkyl halides is 3.